The van der Waals surface area contributed by atoms with Gasteiger partial charge in [-0.2, -0.15) is 5.10 Å². The zero-order chi connectivity index (χ0) is 18.6. The molecule has 2 aliphatic rings. The number of rotatable bonds is 5. The van der Waals surface area contributed by atoms with Crippen molar-refractivity contribution in [3.63, 3.8) is 0 Å². The van der Waals surface area contributed by atoms with Crippen molar-refractivity contribution in [2.24, 2.45) is 5.92 Å². The molecule has 0 aromatic carbocycles. The van der Waals surface area contributed by atoms with Crippen LogP contribution < -0.4 is 10.2 Å². The molecule has 2 aliphatic heterocycles. The van der Waals surface area contributed by atoms with Gasteiger partial charge in [-0.3, -0.25) is 4.68 Å². The predicted octanol–water partition coefficient (Wildman–Crippen LogP) is 3.13. The average molecular weight is 371 g/mol. The number of anilines is 2. The topological polar surface area (TPSA) is 68.1 Å². The van der Waals surface area contributed by atoms with Gasteiger partial charge in [-0.05, 0) is 37.7 Å². The van der Waals surface area contributed by atoms with Gasteiger partial charge in [0, 0.05) is 38.2 Å². The second-order valence-electron chi connectivity index (χ2n) is 7.94. The normalized spacial score (nSPS) is 24.3. The number of nitrogens with one attached hydrogen (secondary N) is 1. The van der Waals surface area contributed by atoms with Crippen LogP contribution in [-0.2, 0) is 4.74 Å². The van der Waals surface area contributed by atoms with E-state index in [0.717, 1.165) is 57.0 Å². The maximum atomic E-state index is 5.99. The van der Waals surface area contributed by atoms with Crippen LogP contribution >= 0.6 is 0 Å². The number of aromatic nitrogens is 4. The zero-order valence-electron chi connectivity index (χ0n) is 16.3. The first kappa shape index (κ1) is 18.2. The summed E-state index contributed by atoms with van der Waals surface area (Å²) < 4.78 is 8.08. The first-order valence-corrected chi connectivity index (χ1v) is 10.1. The molecule has 7 heteroatoms. The molecule has 0 amide bonds. The van der Waals surface area contributed by atoms with E-state index in [1.54, 1.807) is 6.33 Å². The molecule has 0 bridgehead atoms. The lowest BCUT2D eigenvalue weighted by Crippen LogP contribution is -2.43. The quantitative estimate of drug-likeness (QED) is 0.872. The Morgan fingerprint density at radius 3 is 2.78 bits per heavy atom. The molecule has 4 rings (SSSR count). The van der Waals surface area contributed by atoms with Crippen molar-refractivity contribution in [2.75, 3.05) is 29.9 Å². The minimum atomic E-state index is 0.238. The third-order valence-electron chi connectivity index (χ3n) is 5.70. The molecule has 2 atom stereocenters. The first-order valence-electron chi connectivity index (χ1n) is 10.1. The van der Waals surface area contributed by atoms with Gasteiger partial charge in [0.25, 0.3) is 0 Å². The molecular weight excluding hydrogens is 340 g/mol. The summed E-state index contributed by atoms with van der Waals surface area (Å²) in [7, 11) is 0. The molecule has 2 fully saturated rings. The third-order valence-corrected chi connectivity index (χ3v) is 5.70. The van der Waals surface area contributed by atoms with Crippen molar-refractivity contribution in [2.45, 2.75) is 57.7 Å². The SMILES string of the molecule is CC(C)[C@H]1OCCC[C@H]1Nc1cc(N2CCC(n3cccn3)CC2)ncn1. The van der Waals surface area contributed by atoms with Crippen LogP contribution in [-0.4, -0.2) is 51.6 Å². The Labute approximate surface area is 161 Å². The van der Waals surface area contributed by atoms with Gasteiger partial charge in [0.1, 0.15) is 18.0 Å². The minimum absolute atomic E-state index is 0.238. The zero-order valence-corrected chi connectivity index (χ0v) is 16.3. The lowest BCUT2D eigenvalue weighted by Gasteiger charge is -2.35. The molecule has 7 nitrogen and oxygen atoms in total. The average Bonchev–Trinajstić information content (AvgIpc) is 3.23. The summed E-state index contributed by atoms with van der Waals surface area (Å²) >= 11 is 0. The van der Waals surface area contributed by atoms with Gasteiger partial charge in [0.05, 0.1) is 18.2 Å². The van der Waals surface area contributed by atoms with Crippen molar-refractivity contribution >= 4 is 11.6 Å². The van der Waals surface area contributed by atoms with E-state index >= 15 is 0 Å². The van der Waals surface area contributed by atoms with Gasteiger partial charge in [-0.25, -0.2) is 9.97 Å². The fourth-order valence-electron chi connectivity index (χ4n) is 4.26. The smallest absolute Gasteiger partial charge is 0.134 e. The van der Waals surface area contributed by atoms with E-state index in [4.69, 9.17) is 4.74 Å². The van der Waals surface area contributed by atoms with Crippen LogP contribution in [0.4, 0.5) is 11.6 Å². The summed E-state index contributed by atoms with van der Waals surface area (Å²) in [5.41, 5.74) is 0. The Kier molecular flexibility index (Phi) is 5.57. The Morgan fingerprint density at radius 1 is 1.19 bits per heavy atom. The van der Waals surface area contributed by atoms with Gasteiger partial charge in [-0.1, -0.05) is 13.8 Å². The highest BCUT2D eigenvalue weighted by Gasteiger charge is 2.29. The second-order valence-corrected chi connectivity index (χ2v) is 7.94. The van der Waals surface area contributed by atoms with Gasteiger partial charge >= 0.3 is 0 Å². The van der Waals surface area contributed by atoms with Crippen LogP contribution in [0.1, 0.15) is 45.6 Å². The first-order chi connectivity index (χ1) is 13.2. The van der Waals surface area contributed by atoms with Crippen LogP contribution in [0.3, 0.4) is 0 Å². The maximum Gasteiger partial charge on any atom is 0.134 e. The monoisotopic (exact) mass is 370 g/mol. The second kappa shape index (κ2) is 8.25. The lowest BCUT2D eigenvalue weighted by molar-refractivity contribution is -0.0203. The van der Waals surface area contributed by atoms with Crippen molar-refractivity contribution in [1.82, 2.24) is 19.7 Å². The highest BCUT2D eigenvalue weighted by atomic mass is 16.5. The molecule has 2 aromatic rings. The van der Waals surface area contributed by atoms with Gasteiger partial charge in [0.2, 0.25) is 0 Å². The van der Waals surface area contributed by atoms with E-state index in [1.807, 2.05) is 12.3 Å². The molecule has 27 heavy (non-hydrogen) atoms. The van der Waals surface area contributed by atoms with E-state index in [9.17, 15) is 0 Å². The summed E-state index contributed by atoms with van der Waals surface area (Å²) in [4.78, 5) is 11.3. The summed E-state index contributed by atoms with van der Waals surface area (Å²) in [6.07, 6.45) is 10.2. The highest BCUT2D eigenvalue weighted by molar-refractivity contribution is 5.49. The summed E-state index contributed by atoms with van der Waals surface area (Å²) in [6.45, 7) is 7.28. The van der Waals surface area contributed by atoms with E-state index in [-0.39, 0.29) is 6.10 Å². The van der Waals surface area contributed by atoms with Gasteiger partial charge < -0.3 is 15.0 Å². The molecule has 0 saturated carbocycles. The summed E-state index contributed by atoms with van der Waals surface area (Å²) in [5, 5.41) is 7.99. The Morgan fingerprint density at radius 2 is 2.04 bits per heavy atom. The largest absolute Gasteiger partial charge is 0.376 e. The molecular formula is C20H30N6O. The van der Waals surface area contributed by atoms with Crippen LogP contribution in [0.2, 0.25) is 0 Å². The lowest BCUT2D eigenvalue weighted by atomic mass is 9.93. The van der Waals surface area contributed by atoms with Crippen molar-refractivity contribution in [3.05, 3.63) is 30.9 Å². The van der Waals surface area contributed by atoms with Crippen molar-refractivity contribution in [1.29, 1.82) is 0 Å². The summed E-state index contributed by atoms with van der Waals surface area (Å²) in [6, 6.07) is 4.88. The standard InChI is InChI=1S/C20H30N6O/c1-15(2)20-17(5-3-12-27-20)24-18-13-19(22-14-21-18)25-10-6-16(7-11-25)26-9-4-8-23-26/h4,8-9,13-17,20H,3,5-7,10-12H2,1-2H3,(H,21,22,24)/t17-,20-/m1/s1. The summed E-state index contributed by atoms with van der Waals surface area (Å²) in [5.74, 6) is 2.39. The Balaban J connectivity index is 1.39. The van der Waals surface area contributed by atoms with Gasteiger partial charge in [-0.15, -0.1) is 0 Å². The molecule has 0 unspecified atom stereocenters. The fourth-order valence-corrected chi connectivity index (χ4v) is 4.26. The molecule has 2 saturated heterocycles. The fraction of sp³-hybridized carbons (Fsp3) is 0.650. The number of hydrogen-bond acceptors (Lipinski definition) is 6. The van der Waals surface area contributed by atoms with Crippen LogP contribution in [0.5, 0.6) is 0 Å². The maximum absolute atomic E-state index is 5.99. The highest BCUT2D eigenvalue weighted by Crippen LogP contribution is 2.27. The van der Waals surface area contributed by atoms with Crippen LogP contribution in [0.15, 0.2) is 30.9 Å². The van der Waals surface area contributed by atoms with Gasteiger partial charge in [0.15, 0.2) is 0 Å². The van der Waals surface area contributed by atoms with Crippen molar-refractivity contribution < 1.29 is 4.74 Å². The minimum Gasteiger partial charge on any atom is -0.376 e. The number of hydrogen-bond donors (Lipinski definition) is 1. The Bertz CT molecular complexity index is 711. The number of nitrogens with zero attached hydrogens (tertiary/aromatic N) is 5. The Hall–Kier alpha value is -2.15. The predicted molar refractivity (Wildman–Crippen MR) is 106 cm³/mol. The molecule has 146 valence electrons. The van der Waals surface area contributed by atoms with Crippen LogP contribution in [0, 0.1) is 5.92 Å². The van der Waals surface area contributed by atoms with E-state index in [1.165, 1.54) is 0 Å². The molecule has 1 N–H and O–H groups in total. The molecule has 0 spiro atoms. The number of piperidine rings is 1. The van der Waals surface area contributed by atoms with Crippen LogP contribution in [0.25, 0.3) is 0 Å². The molecule has 0 radical (unpaired) electrons. The third kappa shape index (κ3) is 4.24. The van der Waals surface area contributed by atoms with E-state index in [2.05, 4.69) is 56.1 Å². The van der Waals surface area contributed by atoms with E-state index < -0.39 is 0 Å². The number of ether oxygens (including phenoxy) is 1. The molecule has 0 aliphatic carbocycles. The van der Waals surface area contributed by atoms with Crippen molar-refractivity contribution in [3.8, 4) is 0 Å². The molecule has 4 heterocycles. The molecule has 2 aromatic heterocycles. The van der Waals surface area contributed by atoms with E-state index in [0.29, 0.717) is 18.0 Å².